The number of nitrogens with zero attached hydrogens (tertiary/aromatic N) is 2. The van der Waals surface area contributed by atoms with Gasteiger partial charge in [0.15, 0.2) is 0 Å². The molecule has 0 saturated carbocycles. The summed E-state index contributed by atoms with van der Waals surface area (Å²) in [5, 5.41) is 3.12. The lowest BCUT2D eigenvalue weighted by Gasteiger charge is -2.13. The van der Waals surface area contributed by atoms with Crippen LogP contribution in [0.4, 0.5) is 5.69 Å². The van der Waals surface area contributed by atoms with Gasteiger partial charge in [-0.1, -0.05) is 23.7 Å². The maximum absolute atomic E-state index is 12.4. The molecule has 0 atom stereocenters. The number of aryl methyl sites for hydroxylation is 1. The zero-order valence-corrected chi connectivity index (χ0v) is 14.5. The minimum absolute atomic E-state index is 0.317. The topological polar surface area (TPSA) is 64.1 Å². The summed E-state index contributed by atoms with van der Waals surface area (Å²) in [6, 6.07) is 12.4. The van der Waals surface area contributed by atoms with Crippen molar-refractivity contribution in [2.45, 2.75) is 13.8 Å². The standard InChI is InChI=1S/C19H16ClN3O2/c1-12-5-3-7-16(13(12)2)25-19-15(6-4-10-21-19)23-18(24)14-8-9-17(20)22-11-14/h3-11H,1-2H3,(H,23,24). The number of pyridine rings is 2. The Morgan fingerprint density at radius 2 is 1.92 bits per heavy atom. The second kappa shape index (κ2) is 7.32. The molecule has 6 heteroatoms. The average molecular weight is 354 g/mol. The van der Waals surface area contributed by atoms with Crippen molar-refractivity contribution in [3.8, 4) is 11.6 Å². The van der Waals surface area contributed by atoms with Crippen LogP contribution in [0.5, 0.6) is 11.6 Å². The first-order valence-electron chi connectivity index (χ1n) is 7.66. The molecule has 0 aliphatic heterocycles. The van der Waals surface area contributed by atoms with Crippen LogP contribution in [-0.2, 0) is 0 Å². The van der Waals surface area contributed by atoms with Crippen LogP contribution in [0, 0.1) is 13.8 Å². The Bertz CT molecular complexity index is 911. The van der Waals surface area contributed by atoms with Crippen molar-refractivity contribution in [3.63, 3.8) is 0 Å². The average Bonchev–Trinajstić information content (AvgIpc) is 2.61. The van der Waals surface area contributed by atoms with Gasteiger partial charge in [0.2, 0.25) is 5.88 Å². The molecule has 0 saturated heterocycles. The molecule has 1 N–H and O–H groups in total. The number of carbonyl (C=O) groups is 1. The van der Waals surface area contributed by atoms with E-state index in [1.807, 2.05) is 32.0 Å². The zero-order chi connectivity index (χ0) is 17.8. The van der Waals surface area contributed by atoms with E-state index in [1.165, 1.54) is 6.20 Å². The van der Waals surface area contributed by atoms with Crippen molar-refractivity contribution in [1.82, 2.24) is 9.97 Å². The molecule has 3 rings (SSSR count). The second-order valence-corrected chi connectivity index (χ2v) is 5.87. The monoisotopic (exact) mass is 353 g/mol. The van der Waals surface area contributed by atoms with Crippen molar-refractivity contribution in [2.75, 3.05) is 5.32 Å². The predicted octanol–water partition coefficient (Wildman–Crippen LogP) is 4.79. The molecule has 126 valence electrons. The van der Waals surface area contributed by atoms with Gasteiger partial charge in [0.25, 0.3) is 5.91 Å². The minimum Gasteiger partial charge on any atom is -0.437 e. The quantitative estimate of drug-likeness (QED) is 0.685. The first kappa shape index (κ1) is 16.9. The van der Waals surface area contributed by atoms with E-state index in [-0.39, 0.29) is 5.91 Å². The van der Waals surface area contributed by atoms with Crippen LogP contribution in [0.2, 0.25) is 5.15 Å². The van der Waals surface area contributed by atoms with Crippen LogP contribution in [0.3, 0.4) is 0 Å². The number of halogens is 1. The Kier molecular flexibility index (Phi) is 4.95. The lowest BCUT2D eigenvalue weighted by atomic mass is 10.1. The number of benzene rings is 1. The molecule has 2 heterocycles. The van der Waals surface area contributed by atoms with E-state index in [0.29, 0.717) is 28.0 Å². The van der Waals surface area contributed by atoms with Crippen LogP contribution in [-0.4, -0.2) is 15.9 Å². The van der Waals surface area contributed by atoms with E-state index in [2.05, 4.69) is 15.3 Å². The maximum Gasteiger partial charge on any atom is 0.257 e. The third kappa shape index (κ3) is 3.95. The highest BCUT2D eigenvalue weighted by molar-refractivity contribution is 6.29. The number of ether oxygens (including phenoxy) is 1. The summed E-state index contributed by atoms with van der Waals surface area (Å²) in [7, 11) is 0. The van der Waals surface area contributed by atoms with Gasteiger partial charge < -0.3 is 10.1 Å². The molecule has 0 spiro atoms. The van der Waals surface area contributed by atoms with E-state index < -0.39 is 0 Å². The van der Waals surface area contributed by atoms with Crippen molar-refractivity contribution >= 4 is 23.2 Å². The summed E-state index contributed by atoms with van der Waals surface area (Å²) in [5.41, 5.74) is 3.01. The molecule has 2 aromatic heterocycles. The second-order valence-electron chi connectivity index (χ2n) is 5.48. The summed E-state index contributed by atoms with van der Waals surface area (Å²) in [5.74, 6) is 0.705. The highest BCUT2D eigenvalue weighted by atomic mass is 35.5. The van der Waals surface area contributed by atoms with Crippen molar-refractivity contribution in [2.24, 2.45) is 0 Å². The summed E-state index contributed by atoms with van der Waals surface area (Å²) < 4.78 is 5.91. The number of hydrogen-bond acceptors (Lipinski definition) is 4. The summed E-state index contributed by atoms with van der Waals surface area (Å²) in [6.07, 6.45) is 3.03. The van der Waals surface area contributed by atoms with E-state index in [0.717, 1.165) is 11.1 Å². The van der Waals surface area contributed by atoms with Gasteiger partial charge in [0.1, 0.15) is 16.6 Å². The number of aromatic nitrogens is 2. The molecule has 1 aromatic carbocycles. The van der Waals surface area contributed by atoms with Crippen LogP contribution >= 0.6 is 11.6 Å². The molecule has 0 aliphatic rings. The van der Waals surface area contributed by atoms with Gasteiger partial charge in [-0.25, -0.2) is 9.97 Å². The molecule has 0 unspecified atom stereocenters. The Balaban J connectivity index is 1.84. The minimum atomic E-state index is -0.317. The maximum atomic E-state index is 12.4. The summed E-state index contributed by atoms with van der Waals surface area (Å²) in [4.78, 5) is 20.5. The third-order valence-corrected chi connectivity index (χ3v) is 3.99. The smallest absolute Gasteiger partial charge is 0.257 e. The van der Waals surface area contributed by atoms with Gasteiger partial charge in [0.05, 0.1) is 5.56 Å². The van der Waals surface area contributed by atoms with E-state index in [1.54, 1.807) is 30.5 Å². The van der Waals surface area contributed by atoms with Crippen LogP contribution in [0.15, 0.2) is 54.9 Å². The Hall–Kier alpha value is -2.92. The number of nitrogens with one attached hydrogen (secondary N) is 1. The van der Waals surface area contributed by atoms with Gasteiger partial charge in [-0.15, -0.1) is 0 Å². The van der Waals surface area contributed by atoms with Gasteiger partial charge in [-0.2, -0.15) is 0 Å². The van der Waals surface area contributed by atoms with Gasteiger partial charge in [-0.3, -0.25) is 4.79 Å². The first-order chi connectivity index (χ1) is 12.0. The summed E-state index contributed by atoms with van der Waals surface area (Å²) in [6.45, 7) is 3.99. The predicted molar refractivity (Wildman–Crippen MR) is 97.4 cm³/mol. The third-order valence-electron chi connectivity index (χ3n) is 3.77. The number of anilines is 1. The number of rotatable bonds is 4. The fraction of sp³-hybridized carbons (Fsp3) is 0.105. The van der Waals surface area contributed by atoms with Crippen LogP contribution in [0.25, 0.3) is 0 Å². The molecule has 1 amide bonds. The SMILES string of the molecule is Cc1cccc(Oc2ncccc2NC(=O)c2ccc(Cl)nc2)c1C. The molecule has 3 aromatic rings. The van der Waals surface area contributed by atoms with Crippen molar-refractivity contribution in [3.05, 3.63) is 76.7 Å². The van der Waals surface area contributed by atoms with Crippen LogP contribution in [0.1, 0.15) is 21.5 Å². The molecule has 25 heavy (non-hydrogen) atoms. The van der Waals surface area contributed by atoms with Crippen LogP contribution < -0.4 is 10.1 Å². The Labute approximate surface area is 150 Å². The molecule has 0 radical (unpaired) electrons. The Morgan fingerprint density at radius 1 is 1.08 bits per heavy atom. The highest BCUT2D eigenvalue weighted by Gasteiger charge is 2.13. The largest absolute Gasteiger partial charge is 0.437 e. The van der Waals surface area contributed by atoms with Crippen molar-refractivity contribution < 1.29 is 9.53 Å². The van der Waals surface area contributed by atoms with E-state index >= 15 is 0 Å². The summed E-state index contributed by atoms with van der Waals surface area (Å²) >= 11 is 5.75. The lowest BCUT2D eigenvalue weighted by molar-refractivity contribution is 0.102. The number of hydrogen-bond donors (Lipinski definition) is 1. The first-order valence-corrected chi connectivity index (χ1v) is 8.04. The highest BCUT2D eigenvalue weighted by Crippen LogP contribution is 2.30. The van der Waals surface area contributed by atoms with E-state index in [9.17, 15) is 4.79 Å². The Morgan fingerprint density at radius 3 is 2.68 bits per heavy atom. The fourth-order valence-corrected chi connectivity index (χ4v) is 2.32. The molecular weight excluding hydrogens is 338 g/mol. The number of carbonyl (C=O) groups excluding carboxylic acids is 1. The van der Waals surface area contributed by atoms with Gasteiger partial charge >= 0.3 is 0 Å². The fourth-order valence-electron chi connectivity index (χ4n) is 2.21. The molecule has 0 fully saturated rings. The molecule has 0 aliphatic carbocycles. The molecule has 5 nitrogen and oxygen atoms in total. The molecule has 0 bridgehead atoms. The van der Waals surface area contributed by atoms with E-state index in [4.69, 9.17) is 16.3 Å². The lowest BCUT2D eigenvalue weighted by Crippen LogP contribution is -2.13. The zero-order valence-electron chi connectivity index (χ0n) is 13.8. The van der Waals surface area contributed by atoms with Crippen molar-refractivity contribution in [1.29, 1.82) is 0 Å². The number of amides is 1. The normalized spacial score (nSPS) is 10.4. The molecular formula is C19H16ClN3O2. The van der Waals surface area contributed by atoms with Gasteiger partial charge in [0, 0.05) is 12.4 Å². The van der Waals surface area contributed by atoms with Gasteiger partial charge in [-0.05, 0) is 55.3 Å².